The monoisotopic (exact) mass is 519 g/mol. The van der Waals surface area contributed by atoms with E-state index in [1.807, 2.05) is 0 Å². The van der Waals surface area contributed by atoms with E-state index in [1.165, 1.54) is 48.5 Å². The van der Waals surface area contributed by atoms with Crippen LogP contribution in [0.1, 0.15) is 37.8 Å². The number of hydrogen-bond acceptors (Lipinski definition) is 7. The number of piperidine rings is 1. The van der Waals surface area contributed by atoms with Crippen molar-refractivity contribution in [1.82, 2.24) is 4.90 Å². The lowest BCUT2D eigenvalue weighted by atomic mass is 9.67. The van der Waals surface area contributed by atoms with Crippen molar-refractivity contribution in [3.8, 4) is 11.5 Å². The fraction of sp³-hybridized carbons (Fsp3) is 0.276. The molecule has 3 aromatic carbocycles. The van der Waals surface area contributed by atoms with Crippen molar-refractivity contribution < 1.29 is 29.0 Å². The molecule has 1 heterocycles. The first-order chi connectivity index (χ1) is 18.1. The van der Waals surface area contributed by atoms with Gasteiger partial charge in [0.1, 0.15) is 23.4 Å². The van der Waals surface area contributed by atoms with Gasteiger partial charge in [0, 0.05) is 48.5 Å². The summed E-state index contributed by atoms with van der Waals surface area (Å²) in [5.41, 5.74) is 12.7. The molecule has 1 aliphatic heterocycles. The van der Waals surface area contributed by atoms with Crippen LogP contribution in [0.3, 0.4) is 0 Å². The molecule has 0 aromatic heterocycles. The second-order valence-electron chi connectivity index (χ2n) is 9.63. The zero-order valence-corrected chi connectivity index (χ0v) is 20.9. The smallest absolute Gasteiger partial charge is 0.236 e. The van der Waals surface area contributed by atoms with Gasteiger partial charge in [-0.25, -0.2) is 4.39 Å². The maximum Gasteiger partial charge on any atom is 0.236 e. The van der Waals surface area contributed by atoms with Crippen LogP contribution in [-0.2, 0) is 4.79 Å². The summed E-state index contributed by atoms with van der Waals surface area (Å²) in [4.78, 5) is 41.9. The topological polar surface area (TPSA) is 147 Å². The number of hydrogen-bond donors (Lipinski definition) is 4. The fourth-order valence-corrected chi connectivity index (χ4v) is 5.44. The summed E-state index contributed by atoms with van der Waals surface area (Å²) in [5, 5.41) is 20.0. The first-order valence-electron chi connectivity index (χ1n) is 12.3. The highest BCUT2D eigenvalue weighted by atomic mass is 19.1. The normalized spacial score (nSPS) is 19.1. The number of benzene rings is 3. The van der Waals surface area contributed by atoms with Gasteiger partial charge < -0.3 is 21.7 Å². The van der Waals surface area contributed by atoms with Crippen LogP contribution in [0.25, 0.3) is 0 Å². The zero-order valence-electron chi connectivity index (χ0n) is 20.9. The molecule has 6 N–H and O–H groups in total. The first-order valence-corrected chi connectivity index (χ1v) is 12.3. The summed E-state index contributed by atoms with van der Waals surface area (Å²) in [5.74, 6) is -4.75. The van der Waals surface area contributed by atoms with Gasteiger partial charge in [-0.3, -0.25) is 19.3 Å². The van der Waals surface area contributed by atoms with Crippen molar-refractivity contribution in [2.24, 2.45) is 23.3 Å². The highest BCUT2D eigenvalue weighted by Gasteiger charge is 2.47. The largest absolute Gasteiger partial charge is 0.508 e. The minimum Gasteiger partial charge on any atom is -0.508 e. The van der Waals surface area contributed by atoms with Gasteiger partial charge in [0.2, 0.25) is 5.91 Å². The summed E-state index contributed by atoms with van der Waals surface area (Å²) in [6.45, 7) is 1.53. The Bertz CT molecular complexity index is 1310. The fourth-order valence-electron chi connectivity index (χ4n) is 5.44. The Labute approximate surface area is 219 Å². The maximum atomic E-state index is 14.8. The Kier molecular flexibility index (Phi) is 7.89. The van der Waals surface area contributed by atoms with Gasteiger partial charge in [-0.05, 0) is 48.4 Å². The van der Waals surface area contributed by atoms with Crippen molar-refractivity contribution in [3.63, 3.8) is 0 Å². The van der Waals surface area contributed by atoms with E-state index in [4.69, 9.17) is 11.5 Å². The summed E-state index contributed by atoms with van der Waals surface area (Å²) in [7, 11) is 0. The number of phenolic OH excluding ortho intramolecular Hbond substituents is 2. The maximum absolute atomic E-state index is 14.8. The molecule has 198 valence electrons. The molecule has 38 heavy (non-hydrogen) atoms. The van der Waals surface area contributed by atoms with E-state index >= 15 is 0 Å². The number of carbonyl (C=O) groups excluding carboxylic acids is 3. The summed E-state index contributed by atoms with van der Waals surface area (Å²) in [6.07, 6.45) is 0. The summed E-state index contributed by atoms with van der Waals surface area (Å²) >= 11 is 0. The Morgan fingerprint density at radius 3 is 1.87 bits per heavy atom. The van der Waals surface area contributed by atoms with Gasteiger partial charge >= 0.3 is 0 Å². The zero-order chi connectivity index (χ0) is 27.6. The summed E-state index contributed by atoms with van der Waals surface area (Å²) < 4.78 is 14.8. The summed E-state index contributed by atoms with van der Waals surface area (Å²) in [6, 6.07) is 15.3. The highest BCUT2D eigenvalue weighted by molar-refractivity contribution is 6.02. The van der Waals surface area contributed by atoms with Gasteiger partial charge in [0.05, 0.1) is 0 Å². The van der Waals surface area contributed by atoms with Crippen LogP contribution in [0.2, 0.25) is 0 Å². The number of phenols is 2. The van der Waals surface area contributed by atoms with E-state index in [1.54, 1.807) is 30.0 Å². The van der Waals surface area contributed by atoms with Crippen molar-refractivity contribution in [2.75, 3.05) is 19.6 Å². The van der Waals surface area contributed by atoms with Crippen molar-refractivity contribution in [3.05, 3.63) is 94.8 Å². The predicted octanol–water partition coefficient (Wildman–Crippen LogP) is 2.76. The Hall–Kier alpha value is -4.08. The molecule has 1 amide bonds. The number of primary amides is 1. The molecule has 1 unspecified atom stereocenters. The minimum atomic E-state index is -0.941. The first kappa shape index (κ1) is 27.0. The lowest BCUT2D eigenvalue weighted by Gasteiger charge is -2.45. The third-order valence-corrected chi connectivity index (χ3v) is 7.33. The molecule has 1 saturated heterocycles. The van der Waals surface area contributed by atoms with Crippen molar-refractivity contribution in [1.29, 1.82) is 0 Å². The second-order valence-corrected chi connectivity index (χ2v) is 9.63. The van der Waals surface area contributed by atoms with Crippen molar-refractivity contribution >= 4 is 17.5 Å². The predicted molar refractivity (Wildman–Crippen MR) is 139 cm³/mol. The van der Waals surface area contributed by atoms with Crippen LogP contribution in [0.5, 0.6) is 11.5 Å². The quantitative estimate of drug-likeness (QED) is 0.335. The molecule has 4 rings (SSSR count). The van der Waals surface area contributed by atoms with Crippen LogP contribution in [0.4, 0.5) is 4.39 Å². The molecule has 9 heteroatoms. The van der Waals surface area contributed by atoms with Gasteiger partial charge in [-0.15, -0.1) is 0 Å². The average Bonchev–Trinajstić information content (AvgIpc) is 2.89. The molecule has 0 bridgehead atoms. The Balaban J connectivity index is 1.91. The number of halogens is 1. The van der Waals surface area contributed by atoms with Gasteiger partial charge in [0.15, 0.2) is 11.6 Å². The molecule has 1 fully saturated rings. The van der Waals surface area contributed by atoms with Crippen LogP contribution in [0, 0.1) is 24.6 Å². The third kappa shape index (κ3) is 5.29. The molecular formula is C29H30FN3O5. The van der Waals surface area contributed by atoms with Gasteiger partial charge in [0.25, 0.3) is 0 Å². The minimum absolute atomic E-state index is 0.0315. The van der Waals surface area contributed by atoms with Crippen LogP contribution < -0.4 is 11.5 Å². The number of ketones is 2. The molecule has 8 nitrogen and oxygen atoms in total. The highest BCUT2D eigenvalue weighted by Crippen LogP contribution is 2.43. The Morgan fingerprint density at radius 1 is 0.921 bits per heavy atom. The number of nitrogens with two attached hydrogens (primary N) is 2. The number of aromatic hydroxyl groups is 2. The molecule has 0 spiro atoms. The lowest BCUT2D eigenvalue weighted by molar-refractivity contribution is -0.124. The van der Waals surface area contributed by atoms with Crippen LogP contribution in [-0.4, -0.2) is 58.3 Å². The van der Waals surface area contributed by atoms with Gasteiger partial charge in [-0.1, -0.05) is 36.4 Å². The number of likely N-dealkylation sites (tertiary alicyclic amines) is 1. The molecular weight excluding hydrogens is 489 g/mol. The third-order valence-electron chi connectivity index (χ3n) is 7.33. The number of carbonyl (C=O) groups is 3. The molecule has 3 atom stereocenters. The Morgan fingerprint density at radius 2 is 1.42 bits per heavy atom. The van der Waals surface area contributed by atoms with Gasteiger partial charge in [-0.2, -0.15) is 0 Å². The van der Waals surface area contributed by atoms with E-state index in [9.17, 15) is 29.0 Å². The van der Waals surface area contributed by atoms with E-state index in [2.05, 4.69) is 0 Å². The molecule has 1 aliphatic rings. The standard InChI is InChI=1S/C29H30FN3O5/c1-16-21(9-4-10-24(16)30)26-22(27(36)17-5-2-7-19(34)11-17)14-33(25(13-31)29(32)38)15-23(26)28(37)18-6-3-8-20(35)12-18/h2-12,22-23,25-26,34-35H,13-15,31H2,1H3,(H2,32,38)/t22-,23-,25?/m0/s1. The molecule has 0 aliphatic carbocycles. The second kappa shape index (κ2) is 11.1. The van der Waals surface area contributed by atoms with Crippen LogP contribution in [0.15, 0.2) is 66.7 Å². The van der Waals surface area contributed by atoms with E-state index in [-0.39, 0.29) is 53.8 Å². The lowest BCUT2D eigenvalue weighted by Crippen LogP contribution is -2.58. The molecule has 0 radical (unpaired) electrons. The van der Waals surface area contributed by atoms with E-state index in [0.29, 0.717) is 11.1 Å². The molecule has 3 aromatic rings. The van der Waals surface area contributed by atoms with Crippen LogP contribution >= 0.6 is 0 Å². The van der Waals surface area contributed by atoms with E-state index < -0.39 is 35.5 Å². The number of amides is 1. The number of nitrogens with zero attached hydrogens (tertiary/aromatic N) is 1. The SMILES string of the molecule is Cc1c(F)cccc1C1[C@@H](C(=O)c2cccc(O)c2)CN(C(CN)C(N)=O)C[C@@H]1C(=O)c1cccc(O)c1. The van der Waals surface area contributed by atoms with Crippen molar-refractivity contribution in [2.45, 2.75) is 18.9 Å². The average molecular weight is 520 g/mol. The molecule has 0 saturated carbocycles. The van der Waals surface area contributed by atoms with E-state index in [0.717, 1.165) is 0 Å². The number of Topliss-reactive ketones (excluding diaryl/α,β-unsaturated/α-hetero) is 2. The number of rotatable bonds is 8.